The van der Waals surface area contributed by atoms with Gasteiger partial charge in [0.05, 0.1) is 0 Å². The smallest absolute Gasteiger partial charge is 0.276 e. The van der Waals surface area contributed by atoms with Crippen LogP contribution < -0.4 is 0 Å². The number of aryl methyl sites for hydroxylation is 2. The molecule has 1 rings (SSSR count). The molecule has 5 heteroatoms. The van der Waals surface area contributed by atoms with Crippen molar-refractivity contribution in [2.75, 3.05) is 0 Å². The molecule has 0 spiro atoms. The van der Waals surface area contributed by atoms with Crippen LogP contribution in [0.15, 0.2) is 23.1 Å². The fraction of sp³-hybridized carbons (Fsp3) is 0.300. The van der Waals surface area contributed by atoms with Crippen LogP contribution in [0.3, 0.4) is 0 Å². The molecule has 0 saturated heterocycles. The van der Waals surface area contributed by atoms with Crippen LogP contribution in [0.25, 0.3) is 0 Å². The molecule has 82 valence electrons. The minimum absolute atomic E-state index is 0.215. The van der Waals surface area contributed by atoms with Gasteiger partial charge < -0.3 is 0 Å². The lowest BCUT2D eigenvalue weighted by Crippen LogP contribution is -2.18. The van der Waals surface area contributed by atoms with Crippen molar-refractivity contribution in [3.05, 3.63) is 29.3 Å². The lowest BCUT2D eigenvalue weighted by atomic mass is 10.2. The van der Waals surface area contributed by atoms with Crippen molar-refractivity contribution in [1.29, 1.82) is 0 Å². The number of halogens is 3. The molecule has 0 aliphatic rings. The molecule has 0 radical (unpaired) electrons. The highest BCUT2D eigenvalue weighted by Crippen LogP contribution is 2.30. The van der Waals surface area contributed by atoms with E-state index in [1.807, 2.05) is 6.07 Å². The fourth-order valence-corrected chi connectivity index (χ4v) is 1.98. The zero-order valence-corrected chi connectivity index (χ0v) is 9.00. The Hall–Kier alpha value is -0.970. The molecular weight excluding hydrogens is 225 g/mol. The molecule has 0 aliphatic carbocycles. The van der Waals surface area contributed by atoms with Gasteiger partial charge in [0.1, 0.15) is 0 Å². The van der Waals surface area contributed by atoms with E-state index in [1.54, 1.807) is 26.0 Å². The Balaban J connectivity index is 2.86. The van der Waals surface area contributed by atoms with E-state index >= 15 is 0 Å². The highest BCUT2D eigenvalue weighted by atomic mass is 32.2. The van der Waals surface area contributed by atoms with Crippen LogP contribution >= 0.6 is 11.8 Å². The van der Waals surface area contributed by atoms with Crippen LogP contribution in [-0.4, -0.2) is 11.3 Å². The molecule has 0 heterocycles. The third-order valence-corrected chi connectivity index (χ3v) is 2.53. The number of thioether (sulfide) groups is 1. The van der Waals surface area contributed by atoms with Crippen molar-refractivity contribution in [3.8, 4) is 0 Å². The summed E-state index contributed by atoms with van der Waals surface area (Å²) in [7, 11) is 0. The average molecular weight is 234 g/mol. The molecule has 1 nitrogen and oxygen atoms in total. The summed E-state index contributed by atoms with van der Waals surface area (Å²) in [6, 6.07) is 4.95. The fourth-order valence-electron chi connectivity index (χ4n) is 1.16. The van der Waals surface area contributed by atoms with Gasteiger partial charge in [-0.3, -0.25) is 4.79 Å². The first kappa shape index (κ1) is 12.1. The van der Waals surface area contributed by atoms with Gasteiger partial charge in [-0.1, -0.05) is 6.07 Å². The normalized spacial score (nSPS) is 11.5. The molecule has 1 aromatic rings. The summed E-state index contributed by atoms with van der Waals surface area (Å²) in [5.41, 5.74) is 1.68. The maximum absolute atomic E-state index is 12.0. The Morgan fingerprint density at radius 1 is 1.13 bits per heavy atom. The Labute approximate surface area is 89.7 Å². The molecule has 0 N–H and O–H groups in total. The van der Waals surface area contributed by atoms with Crippen molar-refractivity contribution < 1.29 is 18.0 Å². The van der Waals surface area contributed by atoms with Gasteiger partial charge in [0.15, 0.2) is 0 Å². The van der Waals surface area contributed by atoms with E-state index < -0.39 is 11.3 Å². The molecule has 0 aromatic heterocycles. The highest BCUT2D eigenvalue weighted by molar-refractivity contribution is 8.13. The third kappa shape index (κ3) is 3.58. The van der Waals surface area contributed by atoms with E-state index in [9.17, 15) is 18.0 Å². The van der Waals surface area contributed by atoms with Crippen molar-refractivity contribution in [2.24, 2.45) is 0 Å². The second-order valence-electron chi connectivity index (χ2n) is 3.21. The van der Waals surface area contributed by atoms with Crippen LogP contribution in [0.5, 0.6) is 0 Å². The number of rotatable bonds is 1. The minimum Gasteiger partial charge on any atom is -0.276 e. The van der Waals surface area contributed by atoms with E-state index in [4.69, 9.17) is 0 Å². The van der Waals surface area contributed by atoms with Gasteiger partial charge in [-0.25, -0.2) is 0 Å². The summed E-state index contributed by atoms with van der Waals surface area (Å²) in [4.78, 5) is 11.0. The molecule has 15 heavy (non-hydrogen) atoms. The summed E-state index contributed by atoms with van der Waals surface area (Å²) >= 11 is 0.215. The number of alkyl halides is 3. The minimum atomic E-state index is -4.78. The van der Waals surface area contributed by atoms with E-state index in [2.05, 4.69) is 0 Å². The number of benzene rings is 1. The van der Waals surface area contributed by atoms with E-state index in [1.165, 1.54) is 0 Å². The second kappa shape index (κ2) is 4.26. The quantitative estimate of drug-likeness (QED) is 0.692. The van der Waals surface area contributed by atoms with Gasteiger partial charge in [-0.2, -0.15) is 13.2 Å². The molecule has 0 amide bonds. The standard InChI is InChI=1S/C10H9F3OS/c1-6-3-7(2)5-8(4-6)15-9(14)10(11,12)13/h3-5H,1-2H3. The van der Waals surface area contributed by atoms with Crippen molar-refractivity contribution in [1.82, 2.24) is 0 Å². The summed E-state index contributed by atoms with van der Waals surface area (Å²) in [6.45, 7) is 3.55. The molecule has 0 bridgehead atoms. The van der Waals surface area contributed by atoms with Crippen molar-refractivity contribution in [2.45, 2.75) is 24.9 Å². The van der Waals surface area contributed by atoms with Gasteiger partial charge in [0, 0.05) is 4.90 Å². The lowest BCUT2D eigenvalue weighted by molar-refractivity contribution is -0.160. The van der Waals surface area contributed by atoms with Crippen LogP contribution in [0, 0.1) is 13.8 Å². The second-order valence-corrected chi connectivity index (χ2v) is 4.26. The first-order chi connectivity index (χ1) is 6.79. The first-order valence-corrected chi connectivity index (χ1v) is 4.98. The molecule has 0 atom stereocenters. The topological polar surface area (TPSA) is 17.1 Å². The van der Waals surface area contributed by atoms with Crippen molar-refractivity contribution in [3.63, 3.8) is 0 Å². The van der Waals surface area contributed by atoms with Gasteiger partial charge in [0.25, 0.3) is 5.12 Å². The summed E-state index contributed by atoms with van der Waals surface area (Å²) in [5.74, 6) is 0. The van der Waals surface area contributed by atoms with Crippen LogP contribution in [0.2, 0.25) is 0 Å². The van der Waals surface area contributed by atoms with Gasteiger partial charge in [-0.05, 0) is 48.9 Å². The zero-order chi connectivity index (χ0) is 11.6. The monoisotopic (exact) mass is 234 g/mol. The molecule has 0 aliphatic heterocycles. The Morgan fingerprint density at radius 3 is 2.00 bits per heavy atom. The highest BCUT2D eigenvalue weighted by Gasteiger charge is 2.39. The zero-order valence-electron chi connectivity index (χ0n) is 8.18. The number of hydrogen-bond acceptors (Lipinski definition) is 2. The summed E-state index contributed by atoms with van der Waals surface area (Å²) < 4.78 is 35.9. The Morgan fingerprint density at radius 2 is 1.60 bits per heavy atom. The van der Waals surface area contributed by atoms with Crippen molar-refractivity contribution >= 4 is 16.9 Å². The van der Waals surface area contributed by atoms with E-state index in [0.717, 1.165) is 11.1 Å². The maximum Gasteiger partial charge on any atom is 0.461 e. The summed E-state index contributed by atoms with van der Waals surface area (Å²) in [5, 5.41) is -1.78. The van der Waals surface area contributed by atoms with Crippen LogP contribution in [0.1, 0.15) is 11.1 Å². The largest absolute Gasteiger partial charge is 0.461 e. The number of hydrogen-bond donors (Lipinski definition) is 0. The Kier molecular flexibility index (Phi) is 3.44. The number of carbonyl (C=O) groups excluding carboxylic acids is 1. The van der Waals surface area contributed by atoms with E-state index in [-0.39, 0.29) is 11.8 Å². The van der Waals surface area contributed by atoms with Crippen LogP contribution in [0.4, 0.5) is 13.2 Å². The lowest BCUT2D eigenvalue weighted by Gasteiger charge is -2.06. The van der Waals surface area contributed by atoms with E-state index in [0.29, 0.717) is 4.90 Å². The molecule has 0 saturated carbocycles. The van der Waals surface area contributed by atoms with Gasteiger partial charge in [-0.15, -0.1) is 0 Å². The number of carbonyl (C=O) groups is 1. The Bertz CT molecular complexity index is 364. The predicted molar refractivity (Wildman–Crippen MR) is 52.8 cm³/mol. The molecule has 0 fully saturated rings. The van der Waals surface area contributed by atoms with Crippen LogP contribution in [-0.2, 0) is 4.79 Å². The van der Waals surface area contributed by atoms with Gasteiger partial charge in [0.2, 0.25) is 0 Å². The maximum atomic E-state index is 12.0. The molecule has 0 unspecified atom stereocenters. The molecule has 1 aromatic carbocycles. The SMILES string of the molecule is Cc1cc(C)cc(SC(=O)C(F)(F)F)c1. The predicted octanol–water partition coefficient (Wildman–Crippen LogP) is 3.48. The first-order valence-electron chi connectivity index (χ1n) is 4.16. The summed E-state index contributed by atoms with van der Waals surface area (Å²) in [6.07, 6.45) is -4.78. The average Bonchev–Trinajstić information content (AvgIpc) is 1.99. The molecular formula is C10H9F3OS. The van der Waals surface area contributed by atoms with Gasteiger partial charge >= 0.3 is 6.18 Å². The third-order valence-electron chi connectivity index (χ3n) is 1.64.